The number of rotatable bonds is 0. The Hall–Kier alpha value is -0.200. The van der Waals surface area contributed by atoms with Gasteiger partial charge in [0, 0.05) is 12.5 Å². The summed E-state index contributed by atoms with van der Waals surface area (Å²) < 4.78 is 25.6. The molecular weight excluding hydrogens is 354 g/mol. The lowest BCUT2D eigenvalue weighted by atomic mass is 9.43. The van der Waals surface area contributed by atoms with Gasteiger partial charge >= 0.3 is 0 Å². The summed E-state index contributed by atoms with van der Waals surface area (Å²) in [6.07, 6.45) is 11.0. The van der Waals surface area contributed by atoms with Gasteiger partial charge in [-0.15, -0.1) is 0 Å². The Kier molecular flexibility index (Phi) is 4.24. The fourth-order valence-corrected chi connectivity index (χ4v) is 9.05. The zero-order chi connectivity index (χ0) is 19.0. The minimum Gasteiger partial charge on any atom is -0.349 e. The molecule has 4 aliphatic carbocycles. The molecule has 6 rings (SSSR count). The molecule has 4 saturated carbocycles. The second kappa shape index (κ2) is 6.40. The molecule has 28 heavy (non-hydrogen) atoms. The predicted molar refractivity (Wildman–Crippen MR) is 104 cm³/mol. The van der Waals surface area contributed by atoms with Gasteiger partial charge in [0.15, 0.2) is 12.1 Å². The van der Waals surface area contributed by atoms with E-state index in [1.54, 1.807) is 0 Å². The second-order valence-electron chi connectivity index (χ2n) is 10.8. The molecule has 2 bridgehead atoms. The molecule has 5 nitrogen and oxygen atoms in total. The van der Waals surface area contributed by atoms with Crippen molar-refractivity contribution in [3.05, 3.63) is 0 Å². The highest BCUT2D eigenvalue weighted by Gasteiger charge is 2.73. The van der Waals surface area contributed by atoms with Crippen LogP contribution < -0.4 is 5.73 Å². The van der Waals surface area contributed by atoms with E-state index < -0.39 is 5.79 Å². The summed E-state index contributed by atoms with van der Waals surface area (Å²) in [7, 11) is 0. The zero-order valence-electron chi connectivity index (χ0n) is 17.4. The van der Waals surface area contributed by atoms with Gasteiger partial charge in [-0.05, 0) is 67.6 Å². The minimum atomic E-state index is -0.523. The summed E-state index contributed by atoms with van der Waals surface area (Å²) in [5.74, 6) is 2.07. The van der Waals surface area contributed by atoms with Crippen molar-refractivity contribution in [2.75, 3.05) is 26.4 Å². The maximum Gasteiger partial charge on any atom is 0.179 e. The molecule has 6 fully saturated rings. The fraction of sp³-hybridized carbons (Fsp3) is 1.00. The van der Waals surface area contributed by atoms with Crippen molar-refractivity contribution in [3.8, 4) is 0 Å². The highest BCUT2D eigenvalue weighted by molar-refractivity contribution is 5.17. The molecule has 2 heterocycles. The van der Waals surface area contributed by atoms with Crippen LogP contribution in [-0.2, 0) is 18.9 Å². The van der Waals surface area contributed by atoms with Crippen molar-refractivity contribution in [2.24, 2.45) is 40.2 Å². The first kappa shape index (κ1) is 18.6. The molecule has 1 unspecified atom stereocenters. The van der Waals surface area contributed by atoms with Crippen LogP contribution in [0.3, 0.4) is 0 Å². The number of hydrogen-bond donors (Lipinski definition) is 1. The normalized spacial score (nSPS) is 58.5. The largest absolute Gasteiger partial charge is 0.349 e. The van der Waals surface area contributed by atoms with Gasteiger partial charge in [-0.1, -0.05) is 19.8 Å². The van der Waals surface area contributed by atoms with Crippen LogP contribution >= 0.6 is 0 Å². The van der Waals surface area contributed by atoms with Crippen molar-refractivity contribution < 1.29 is 18.9 Å². The third-order valence-corrected chi connectivity index (χ3v) is 10.1. The molecule has 0 radical (unpaired) electrons. The Balaban J connectivity index is 1.43. The van der Waals surface area contributed by atoms with E-state index in [2.05, 4.69) is 6.92 Å². The highest BCUT2D eigenvalue weighted by atomic mass is 16.8. The molecule has 2 saturated heterocycles. The average Bonchev–Trinajstić information content (AvgIpc) is 2.86. The van der Waals surface area contributed by atoms with Gasteiger partial charge in [-0.2, -0.15) is 0 Å². The third kappa shape index (κ3) is 2.21. The fourth-order valence-electron chi connectivity index (χ4n) is 9.05. The maximum atomic E-state index is 6.99. The van der Waals surface area contributed by atoms with E-state index in [9.17, 15) is 0 Å². The van der Waals surface area contributed by atoms with Crippen molar-refractivity contribution in [2.45, 2.75) is 82.8 Å². The van der Waals surface area contributed by atoms with Gasteiger partial charge in [0.1, 0.15) is 0 Å². The van der Waals surface area contributed by atoms with Crippen molar-refractivity contribution >= 4 is 0 Å². The van der Waals surface area contributed by atoms with Crippen molar-refractivity contribution in [1.29, 1.82) is 0 Å². The summed E-state index contributed by atoms with van der Waals surface area (Å²) in [6, 6.07) is 0.295. The molecule has 7 atom stereocenters. The molecule has 2 aliphatic heterocycles. The summed E-state index contributed by atoms with van der Waals surface area (Å²) in [6.45, 7) is 5.01. The lowest BCUT2D eigenvalue weighted by Crippen LogP contribution is -2.65. The van der Waals surface area contributed by atoms with Crippen molar-refractivity contribution in [1.82, 2.24) is 0 Å². The number of nitrogens with two attached hydrogens (primary N) is 1. The molecule has 158 valence electrons. The van der Waals surface area contributed by atoms with Gasteiger partial charge in [-0.25, -0.2) is 0 Å². The summed E-state index contributed by atoms with van der Waals surface area (Å²) in [5, 5.41) is 0. The van der Waals surface area contributed by atoms with Gasteiger partial charge in [0.05, 0.1) is 31.8 Å². The Morgan fingerprint density at radius 3 is 2.36 bits per heavy atom. The summed E-state index contributed by atoms with van der Waals surface area (Å²) in [5.41, 5.74) is 7.28. The van der Waals surface area contributed by atoms with Crippen LogP contribution in [0, 0.1) is 34.5 Å². The predicted octanol–water partition coefficient (Wildman–Crippen LogP) is 3.45. The Morgan fingerprint density at radius 2 is 1.57 bits per heavy atom. The monoisotopic (exact) mass is 391 g/mol. The average molecular weight is 392 g/mol. The third-order valence-electron chi connectivity index (χ3n) is 10.1. The first-order valence-corrected chi connectivity index (χ1v) is 11.9. The van der Waals surface area contributed by atoms with E-state index in [4.69, 9.17) is 24.7 Å². The molecule has 1 spiro atoms. The van der Waals surface area contributed by atoms with Gasteiger partial charge < -0.3 is 24.7 Å². The van der Waals surface area contributed by atoms with Crippen LogP contribution in [0.4, 0.5) is 0 Å². The van der Waals surface area contributed by atoms with Crippen molar-refractivity contribution in [3.63, 3.8) is 0 Å². The van der Waals surface area contributed by atoms with Crippen LogP contribution in [0.25, 0.3) is 0 Å². The van der Waals surface area contributed by atoms with E-state index in [1.807, 2.05) is 0 Å². The van der Waals surface area contributed by atoms with E-state index in [1.165, 1.54) is 38.5 Å². The van der Waals surface area contributed by atoms with Crippen LogP contribution in [0.2, 0.25) is 0 Å². The van der Waals surface area contributed by atoms with E-state index in [0.717, 1.165) is 31.1 Å². The van der Waals surface area contributed by atoms with Crippen LogP contribution in [0.5, 0.6) is 0 Å². The number of hydrogen-bond acceptors (Lipinski definition) is 5. The lowest BCUT2D eigenvalue weighted by Gasteiger charge is -2.63. The lowest BCUT2D eigenvalue weighted by molar-refractivity contribution is -0.319. The Morgan fingerprint density at radius 1 is 0.821 bits per heavy atom. The zero-order valence-corrected chi connectivity index (χ0v) is 17.4. The number of fused-ring (bicyclic) bond motifs is 4. The van der Waals surface area contributed by atoms with Gasteiger partial charge in [-0.3, -0.25) is 0 Å². The van der Waals surface area contributed by atoms with Gasteiger partial charge in [0.25, 0.3) is 0 Å². The quantitative estimate of drug-likeness (QED) is 0.685. The van der Waals surface area contributed by atoms with E-state index in [0.29, 0.717) is 49.7 Å². The molecule has 0 aromatic heterocycles. The molecule has 0 amide bonds. The molecular formula is C23H37NO4. The van der Waals surface area contributed by atoms with Crippen LogP contribution in [-0.4, -0.2) is 44.5 Å². The van der Waals surface area contributed by atoms with Crippen LogP contribution in [0.15, 0.2) is 0 Å². The second-order valence-corrected chi connectivity index (χ2v) is 10.8. The van der Waals surface area contributed by atoms with Crippen LogP contribution in [0.1, 0.15) is 64.7 Å². The first-order valence-electron chi connectivity index (χ1n) is 11.9. The summed E-state index contributed by atoms with van der Waals surface area (Å²) in [4.78, 5) is 0. The maximum absolute atomic E-state index is 6.99. The standard InChI is InChI=1S/C23H37NO4/c1-21-7-3-2-4-15(21)14-18(24)19-16(21)5-8-22-17(19)6-9-23(22)27-12-10-25-20(22)26-11-13-28-23/h15-20H,2-14,24H2,1H3/t15-,16+,17+,18?,19-,20?,21+,22+,23?/m1/s1. The molecule has 0 aromatic carbocycles. The minimum absolute atomic E-state index is 0.184. The first-order chi connectivity index (χ1) is 13.6. The SMILES string of the molecule is C[C@]12CCCC[C@@H]1CC(N)[C@@H]1[C@@H]2CC[C@]23C4OCCOC2(CC[C@@H]13)OCCO4. The topological polar surface area (TPSA) is 62.9 Å². The number of ether oxygens (including phenoxy) is 4. The van der Waals surface area contributed by atoms with E-state index in [-0.39, 0.29) is 11.7 Å². The molecule has 6 aliphatic rings. The molecule has 0 aromatic rings. The molecule has 2 N–H and O–H groups in total. The van der Waals surface area contributed by atoms with Gasteiger partial charge in [0.2, 0.25) is 0 Å². The summed E-state index contributed by atoms with van der Waals surface area (Å²) >= 11 is 0. The Bertz CT molecular complexity index is 616. The Labute approximate surface area is 169 Å². The smallest absolute Gasteiger partial charge is 0.179 e. The highest BCUT2D eigenvalue weighted by Crippen LogP contribution is 2.71. The molecule has 5 heteroatoms. The van der Waals surface area contributed by atoms with E-state index >= 15 is 0 Å².